The maximum Gasteiger partial charge on any atom is 0.234 e. The van der Waals surface area contributed by atoms with Gasteiger partial charge in [-0.3, -0.25) is 14.7 Å². The van der Waals surface area contributed by atoms with E-state index in [9.17, 15) is 4.79 Å². The number of hydrogen-bond donors (Lipinski definition) is 1. The number of allylic oxidation sites excluding steroid dienone is 1. The highest BCUT2D eigenvalue weighted by Crippen LogP contribution is 2.12. The van der Waals surface area contributed by atoms with Gasteiger partial charge in [-0.15, -0.1) is 0 Å². The van der Waals surface area contributed by atoms with Crippen LogP contribution >= 0.6 is 0 Å². The molecule has 0 unspecified atom stereocenters. The summed E-state index contributed by atoms with van der Waals surface area (Å²) < 4.78 is 11.4. The predicted molar refractivity (Wildman–Crippen MR) is 97.1 cm³/mol. The monoisotopic (exact) mass is 347 g/mol. The van der Waals surface area contributed by atoms with Crippen LogP contribution in [0.1, 0.15) is 25.8 Å². The highest BCUT2D eigenvalue weighted by atomic mass is 16.5. The summed E-state index contributed by atoms with van der Waals surface area (Å²) in [6, 6.07) is 3.81. The van der Waals surface area contributed by atoms with Crippen molar-refractivity contribution in [2.24, 2.45) is 0 Å². The van der Waals surface area contributed by atoms with Crippen molar-refractivity contribution in [1.82, 2.24) is 15.2 Å². The van der Waals surface area contributed by atoms with Crippen LogP contribution in [0.2, 0.25) is 0 Å². The molecule has 6 heteroatoms. The number of nitrogens with one attached hydrogen (secondary N) is 1. The number of likely N-dealkylation sites (N-methyl/N-ethyl adjacent to an activating group) is 1. The first-order chi connectivity index (χ1) is 12.0. The third kappa shape index (κ3) is 7.34. The summed E-state index contributed by atoms with van der Waals surface area (Å²) in [5, 5.41) is 3.06. The standard InChI is InChI=1S/C19H29N3O3/c1-15(2)6-11-25-18-7-10-24-14-17(18)21-19(23)13-22(3)12-16-4-8-20-9-5-16/h4-6,8-9,17-18H,7,10-14H2,1-3H3,(H,21,23)/t17-,18+/m1/s1. The summed E-state index contributed by atoms with van der Waals surface area (Å²) in [6.45, 7) is 6.88. The molecule has 0 bridgehead atoms. The quantitative estimate of drug-likeness (QED) is 0.726. The Balaban J connectivity index is 1.79. The summed E-state index contributed by atoms with van der Waals surface area (Å²) in [5.74, 6) is -0.0112. The average molecular weight is 347 g/mol. The summed E-state index contributed by atoms with van der Waals surface area (Å²) in [6.07, 6.45) is 6.37. The molecule has 0 aliphatic carbocycles. The third-order valence-corrected chi connectivity index (χ3v) is 4.06. The minimum Gasteiger partial charge on any atom is -0.379 e. The van der Waals surface area contributed by atoms with Crippen LogP contribution in [0.25, 0.3) is 0 Å². The summed E-state index contributed by atoms with van der Waals surface area (Å²) in [4.78, 5) is 18.3. The Morgan fingerprint density at radius 2 is 2.20 bits per heavy atom. The molecule has 1 saturated heterocycles. The number of rotatable bonds is 8. The van der Waals surface area contributed by atoms with Crippen LogP contribution in [0.3, 0.4) is 0 Å². The van der Waals surface area contributed by atoms with E-state index in [1.165, 1.54) is 5.57 Å². The zero-order valence-corrected chi connectivity index (χ0v) is 15.4. The predicted octanol–water partition coefficient (Wildman–Crippen LogP) is 1.77. The lowest BCUT2D eigenvalue weighted by Gasteiger charge is -2.32. The molecule has 2 atom stereocenters. The number of nitrogens with zero attached hydrogens (tertiary/aromatic N) is 2. The van der Waals surface area contributed by atoms with Gasteiger partial charge in [-0.2, -0.15) is 0 Å². The minimum atomic E-state index is -0.0962. The first-order valence-corrected chi connectivity index (χ1v) is 8.74. The van der Waals surface area contributed by atoms with E-state index < -0.39 is 0 Å². The third-order valence-electron chi connectivity index (χ3n) is 4.06. The molecule has 2 rings (SSSR count). The molecular weight excluding hydrogens is 318 g/mol. The van der Waals surface area contributed by atoms with Crippen molar-refractivity contribution < 1.29 is 14.3 Å². The van der Waals surface area contributed by atoms with E-state index in [2.05, 4.69) is 16.4 Å². The Kier molecular flexibility index (Phi) is 8.04. The van der Waals surface area contributed by atoms with Crippen molar-refractivity contribution in [1.29, 1.82) is 0 Å². The Morgan fingerprint density at radius 3 is 2.92 bits per heavy atom. The minimum absolute atomic E-state index is 0.00111. The molecular formula is C19H29N3O3. The van der Waals surface area contributed by atoms with Crippen LogP contribution in [-0.4, -0.2) is 61.3 Å². The van der Waals surface area contributed by atoms with Crippen LogP contribution < -0.4 is 5.32 Å². The maximum absolute atomic E-state index is 12.4. The van der Waals surface area contributed by atoms with Gasteiger partial charge in [0.15, 0.2) is 0 Å². The molecule has 2 heterocycles. The average Bonchev–Trinajstić information content (AvgIpc) is 2.56. The highest BCUT2D eigenvalue weighted by molar-refractivity contribution is 5.78. The molecule has 6 nitrogen and oxygen atoms in total. The van der Waals surface area contributed by atoms with Crippen molar-refractivity contribution in [3.8, 4) is 0 Å². The van der Waals surface area contributed by atoms with E-state index in [1.807, 2.05) is 37.9 Å². The van der Waals surface area contributed by atoms with E-state index in [0.717, 1.165) is 12.0 Å². The van der Waals surface area contributed by atoms with Crippen LogP contribution in [0.4, 0.5) is 0 Å². The Labute approximate surface area is 150 Å². The fraction of sp³-hybridized carbons (Fsp3) is 0.579. The molecule has 1 amide bonds. The molecule has 1 aliphatic rings. The van der Waals surface area contributed by atoms with Gasteiger partial charge in [0.25, 0.3) is 0 Å². The second-order valence-electron chi connectivity index (χ2n) is 6.72. The lowest BCUT2D eigenvalue weighted by Crippen LogP contribution is -2.52. The molecule has 1 aliphatic heterocycles. The second-order valence-corrected chi connectivity index (χ2v) is 6.72. The van der Waals surface area contributed by atoms with Crippen molar-refractivity contribution in [2.75, 3.05) is 33.4 Å². The molecule has 0 saturated carbocycles. The van der Waals surface area contributed by atoms with Crippen molar-refractivity contribution >= 4 is 5.91 Å². The molecule has 0 aromatic carbocycles. The van der Waals surface area contributed by atoms with Crippen LogP contribution in [0, 0.1) is 0 Å². The largest absolute Gasteiger partial charge is 0.379 e. The molecule has 1 N–H and O–H groups in total. The fourth-order valence-electron chi connectivity index (χ4n) is 2.74. The molecule has 138 valence electrons. The number of pyridine rings is 1. The number of ether oxygens (including phenoxy) is 2. The summed E-state index contributed by atoms with van der Waals surface area (Å²) >= 11 is 0. The van der Waals surface area contributed by atoms with Crippen LogP contribution in [-0.2, 0) is 20.8 Å². The number of carbonyl (C=O) groups is 1. The van der Waals surface area contributed by atoms with Gasteiger partial charge < -0.3 is 14.8 Å². The van der Waals surface area contributed by atoms with E-state index in [4.69, 9.17) is 9.47 Å². The lowest BCUT2D eigenvalue weighted by atomic mass is 10.1. The van der Waals surface area contributed by atoms with Gasteiger partial charge in [-0.25, -0.2) is 0 Å². The normalized spacial score (nSPS) is 20.3. The van der Waals surface area contributed by atoms with Gasteiger partial charge in [0, 0.05) is 25.5 Å². The van der Waals surface area contributed by atoms with Gasteiger partial charge in [0.2, 0.25) is 5.91 Å². The van der Waals surface area contributed by atoms with Crippen LogP contribution in [0.15, 0.2) is 36.2 Å². The van der Waals surface area contributed by atoms with Gasteiger partial charge in [0.1, 0.15) is 0 Å². The zero-order chi connectivity index (χ0) is 18.1. The number of aromatic nitrogens is 1. The van der Waals surface area contributed by atoms with E-state index >= 15 is 0 Å². The lowest BCUT2D eigenvalue weighted by molar-refractivity contribution is -0.126. The van der Waals surface area contributed by atoms with Crippen molar-refractivity contribution in [3.05, 3.63) is 41.7 Å². The van der Waals surface area contributed by atoms with Gasteiger partial charge in [-0.1, -0.05) is 11.6 Å². The van der Waals surface area contributed by atoms with Gasteiger partial charge in [-0.05, 0) is 45.0 Å². The molecule has 0 radical (unpaired) electrons. The number of carbonyl (C=O) groups excluding carboxylic acids is 1. The fourth-order valence-corrected chi connectivity index (χ4v) is 2.74. The highest BCUT2D eigenvalue weighted by Gasteiger charge is 2.27. The van der Waals surface area contributed by atoms with Crippen molar-refractivity contribution in [3.63, 3.8) is 0 Å². The first-order valence-electron chi connectivity index (χ1n) is 8.74. The zero-order valence-electron chi connectivity index (χ0n) is 15.4. The smallest absolute Gasteiger partial charge is 0.234 e. The van der Waals surface area contributed by atoms with E-state index in [1.54, 1.807) is 12.4 Å². The molecule has 1 aromatic heterocycles. The number of hydrogen-bond acceptors (Lipinski definition) is 5. The van der Waals surface area contributed by atoms with Crippen LogP contribution in [0.5, 0.6) is 0 Å². The van der Waals surface area contributed by atoms with Crippen molar-refractivity contribution in [2.45, 2.75) is 39.0 Å². The Morgan fingerprint density at radius 1 is 1.44 bits per heavy atom. The molecule has 1 aromatic rings. The molecule has 0 spiro atoms. The summed E-state index contributed by atoms with van der Waals surface area (Å²) in [7, 11) is 1.93. The SMILES string of the molecule is CC(C)=CCO[C@H]1CCOC[C@H]1NC(=O)CN(C)Cc1ccncc1. The number of amides is 1. The van der Waals surface area contributed by atoms with Gasteiger partial charge >= 0.3 is 0 Å². The molecule has 25 heavy (non-hydrogen) atoms. The van der Waals surface area contributed by atoms with Gasteiger partial charge in [0.05, 0.1) is 31.9 Å². The Bertz CT molecular complexity index is 558. The molecule has 1 fully saturated rings. The van der Waals surface area contributed by atoms with E-state index in [0.29, 0.717) is 32.9 Å². The summed E-state index contributed by atoms with van der Waals surface area (Å²) in [5.41, 5.74) is 2.36. The van der Waals surface area contributed by atoms with E-state index in [-0.39, 0.29) is 18.1 Å². The topological polar surface area (TPSA) is 63.7 Å². The Hall–Kier alpha value is -1.76. The first kappa shape index (κ1) is 19.6. The second kappa shape index (κ2) is 10.3. The maximum atomic E-state index is 12.4.